The van der Waals surface area contributed by atoms with Crippen LogP contribution in [0.5, 0.6) is 0 Å². The SMILES string of the molecule is Cc1ccc(NC(=O)C2CCCN(S(=O)(=O)CCCc3ccccc3)C2)c(C)c1. The summed E-state index contributed by atoms with van der Waals surface area (Å²) in [5.41, 5.74) is 4.10. The molecule has 0 bridgehead atoms. The maximum Gasteiger partial charge on any atom is 0.228 e. The van der Waals surface area contributed by atoms with Crippen LogP contribution in [0.4, 0.5) is 5.69 Å². The highest BCUT2D eigenvalue weighted by Gasteiger charge is 2.32. The maximum absolute atomic E-state index is 12.8. The van der Waals surface area contributed by atoms with Crippen molar-refractivity contribution in [2.75, 3.05) is 24.2 Å². The van der Waals surface area contributed by atoms with Crippen LogP contribution in [0.25, 0.3) is 0 Å². The quantitative estimate of drug-likeness (QED) is 0.747. The predicted octanol–water partition coefficient (Wildman–Crippen LogP) is 3.92. The molecule has 29 heavy (non-hydrogen) atoms. The largest absolute Gasteiger partial charge is 0.326 e. The number of aryl methyl sites for hydroxylation is 3. The number of hydrogen-bond acceptors (Lipinski definition) is 3. The van der Waals surface area contributed by atoms with Crippen molar-refractivity contribution in [3.63, 3.8) is 0 Å². The van der Waals surface area contributed by atoms with E-state index in [2.05, 4.69) is 5.32 Å². The van der Waals surface area contributed by atoms with Crippen molar-refractivity contribution in [1.29, 1.82) is 0 Å². The van der Waals surface area contributed by atoms with Gasteiger partial charge in [-0.15, -0.1) is 0 Å². The molecule has 6 heteroatoms. The molecule has 0 spiro atoms. The maximum atomic E-state index is 12.8. The molecule has 5 nitrogen and oxygen atoms in total. The van der Waals surface area contributed by atoms with Crippen molar-refractivity contribution in [2.45, 2.75) is 39.5 Å². The Labute approximate surface area is 174 Å². The highest BCUT2D eigenvalue weighted by Crippen LogP contribution is 2.23. The molecule has 156 valence electrons. The summed E-state index contributed by atoms with van der Waals surface area (Å²) in [5.74, 6) is -0.290. The van der Waals surface area contributed by atoms with Gasteiger partial charge in [0.1, 0.15) is 0 Å². The molecule has 2 aromatic carbocycles. The van der Waals surface area contributed by atoms with E-state index >= 15 is 0 Å². The van der Waals surface area contributed by atoms with E-state index < -0.39 is 10.0 Å². The van der Waals surface area contributed by atoms with Gasteiger partial charge in [-0.1, -0.05) is 48.0 Å². The summed E-state index contributed by atoms with van der Waals surface area (Å²) in [6.07, 6.45) is 2.75. The van der Waals surface area contributed by atoms with E-state index in [4.69, 9.17) is 0 Å². The van der Waals surface area contributed by atoms with E-state index in [1.807, 2.05) is 62.4 Å². The molecule has 0 radical (unpaired) electrons. The summed E-state index contributed by atoms with van der Waals surface area (Å²) in [6.45, 7) is 4.75. The highest BCUT2D eigenvalue weighted by molar-refractivity contribution is 7.89. The Morgan fingerprint density at radius 2 is 1.90 bits per heavy atom. The third kappa shape index (κ3) is 5.90. The van der Waals surface area contributed by atoms with Crippen LogP contribution in [0.1, 0.15) is 36.0 Å². The molecule has 1 saturated heterocycles. The van der Waals surface area contributed by atoms with Gasteiger partial charge in [0.15, 0.2) is 0 Å². The molecule has 1 atom stereocenters. The second kappa shape index (κ2) is 9.55. The third-order valence-electron chi connectivity index (χ3n) is 5.50. The lowest BCUT2D eigenvalue weighted by atomic mass is 9.98. The van der Waals surface area contributed by atoms with Gasteiger partial charge in [-0.05, 0) is 56.7 Å². The summed E-state index contributed by atoms with van der Waals surface area (Å²) in [7, 11) is -3.35. The van der Waals surface area contributed by atoms with Gasteiger partial charge >= 0.3 is 0 Å². The third-order valence-corrected chi connectivity index (χ3v) is 7.42. The fourth-order valence-corrected chi connectivity index (χ4v) is 5.41. The van der Waals surface area contributed by atoms with Gasteiger partial charge in [0.2, 0.25) is 15.9 Å². The highest BCUT2D eigenvalue weighted by atomic mass is 32.2. The van der Waals surface area contributed by atoms with Crippen molar-refractivity contribution < 1.29 is 13.2 Å². The molecule has 0 aliphatic carbocycles. The lowest BCUT2D eigenvalue weighted by Crippen LogP contribution is -2.44. The van der Waals surface area contributed by atoms with Crippen LogP contribution >= 0.6 is 0 Å². The van der Waals surface area contributed by atoms with E-state index in [9.17, 15) is 13.2 Å². The minimum Gasteiger partial charge on any atom is -0.326 e. The van der Waals surface area contributed by atoms with Crippen LogP contribution < -0.4 is 5.32 Å². The number of amides is 1. The number of hydrogen-bond donors (Lipinski definition) is 1. The van der Waals surface area contributed by atoms with Crippen LogP contribution in [0.15, 0.2) is 48.5 Å². The first kappa shape index (κ1) is 21.5. The Morgan fingerprint density at radius 1 is 1.14 bits per heavy atom. The predicted molar refractivity (Wildman–Crippen MR) is 117 cm³/mol. The van der Waals surface area contributed by atoms with Crippen LogP contribution in [0, 0.1) is 19.8 Å². The summed E-state index contributed by atoms with van der Waals surface area (Å²) < 4.78 is 27.1. The number of anilines is 1. The van der Waals surface area contributed by atoms with E-state index in [0.717, 1.165) is 28.8 Å². The van der Waals surface area contributed by atoms with Crippen molar-refractivity contribution in [3.8, 4) is 0 Å². The Kier molecular flexibility index (Phi) is 7.09. The zero-order valence-corrected chi connectivity index (χ0v) is 18.0. The topological polar surface area (TPSA) is 66.5 Å². The molecular weight excluding hydrogens is 384 g/mol. The monoisotopic (exact) mass is 414 g/mol. The Morgan fingerprint density at radius 3 is 2.62 bits per heavy atom. The molecular formula is C23H30N2O3S. The van der Waals surface area contributed by atoms with Gasteiger partial charge in [0.05, 0.1) is 11.7 Å². The standard InChI is InChI=1S/C23H30N2O3S/c1-18-12-13-22(19(2)16-18)24-23(26)21-11-6-14-25(17-21)29(27,28)15-7-10-20-8-4-3-5-9-20/h3-5,8-9,12-13,16,21H,6-7,10-11,14-15,17H2,1-2H3,(H,24,26). The number of piperidine rings is 1. The second-order valence-corrected chi connectivity index (χ2v) is 10.00. The number of benzene rings is 2. The molecule has 1 aliphatic rings. The van der Waals surface area contributed by atoms with E-state index in [0.29, 0.717) is 25.8 Å². The number of nitrogens with one attached hydrogen (secondary N) is 1. The molecule has 1 fully saturated rings. The van der Waals surface area contributed by atoms with E-state index in [-0.39, 0.29) is 24.1 Å². The van der Waals surface area contributed by atoms with Gasteiger partial charge in [-0.2, -0.15) is 0 Å². The zero-order valence-electron chi connectivity index (χ0n) is 17.2. The van der Waals surface area contributed by atoms with Crippen LogP contribution in [-0.4, -0.2) is 37.5 Å². The summed E-state index contributed by atoms with van der Waals surface area (Å²) >= 11 is 0. The molecule has 1 heterocycles. The summed E-state index contributed by atoms with van der Waals surface area (Å²) in [4.78, 5) is 12.7. The molecule has 0 saturated carbocycles. The number of carbonyl (C=O) groups is 1. The molecule has 1 N–H and O–H groups in total. The molecule has 1 unspecified atom stereocenters. The van der Waals surface area contributed by atoms with Crippen molar-refractivity contribution in [3.05, 3.63) is 65.2 Å². The molecule has 1 amide bonds. The second-order valence-electron chi connectivity index (χ2n) is 7.91. The molecule has 1 aliphatic heterocycles. The number of rotatable bonds is 7. The minimum absolute atomic E-state index is 0.0962. The Bertz CT molecular complexity index is 942. The van der Waals surface area contributed by atoms with Gasteiger partial charge in [0.25, 0.3) is 0 Å². The van der Waals surface area contributed by atoms with Crippen molar-refractivity contribution >= 4 is 21.6 Å². The zero-order chi connectivity index (χ0) is 20.9. The summed E-state index contributed by atoms with van der Waals surface area (Å²) in [5, 5.41) is 2.98. The van der Waals surface area contributed by atoms with Crippen molar-refractivity contribution in [1.82, 2.24) is 4.31 Å². The minimum atomic E-state index is -3.35. The first-order chi connectivity index (χ1) is 13.8. The normalized spacial score (nSPS) is 17.8. The van der Waals surface area contributed by atoms with E-state index in [1.54, 1.807) is 0 Å². The van der Waals surface area contributed by atoms with E-state index in [1.165, 1.54) is 4.31 Å². The summed E-state index contributed by atoms with van der Waals surface area (Å²) in [6, 6.07) is 15.8. The fourth-order valence-electron chi connectivity index (χ4n) is 3.83. The van der Waals surface area contributed by atoms with Crippen LogP contribution in [0.2, 0.25) is 0 Å². The molecule has 2 aromatic rings. The average molecular weight is 415 g/mol. The van der Waals surface area contributed by atoms with Gasteiger partial charge in [-0.25, -0.2) is 12.7 Å². The number of sulfonamides is 1. The van der Waals surface area contributed by atoms with Crippen LogP contribution in [-0.2, 0) is 21.2 Å². The number of nitrogens with zero attached hydrogens (tertiary/aromatic N) is 1. The first-order valence-electron chi connectivity index (χ1n) is 10.2. The fraction of sp³-hybridized carbons (Fsp3) is 0.435. The lowest BCUT2D eigenvalue weighted by Gasteiger charge is -2.31. The Balaban J connectivity index is 1.56. The van der Waals surface area contributed by atoms with Gasteiger partial charge in [0, 0.05) is 18.8 Å². The number of carbonyl (C=O) groups excluding carboxylic acids is 1. The van der Waals surface area contributed by atoms with Crippen molar-refractivity contribution in [2.24, 2.45) is 5.92 Å². The molecule has 3 rings (SSSR count). The Hall–Kier alpha value is -2.18. The average Bonchev–Trinajstić information content (AvgIpc) is 2.71. The molecule has 0 aromatic heterocycles. The van der Waals surface area contributed by atoms with Gasteiger partial charge in [-0.3, -0.25) is 4.79 Å². The van der Waals surface area contributed by atoms with Gasteiger partial charge < -0.3 is 5.32 Å². The smallest absolute Gasteiger partial charge is 0.228 e. The first-order valence-corrected chi connectivity index (χ1v) is 11.9. The lowest BCUT2D eigenvalue weighted by molar-refractivity contribution is -0.120. The van der Waals surface area contributed by atoms with Crippen LogP contribution in [0.3, 0.4) is 0 Å².